The van der Waals surface area contributed by atoms with E-state index in [0.717, 1.165) is 38.2 Å². The number of halogens is 3. The van der Waals surface area contributed by atoms with Gasteiger partial charge in [-0.15, -0.1) is 0 Å². The van der Waals surface area contributed by atoms with Gasteiger partial charge in [-0.2, -0.15) is 13.2 Å². The van der Waals surface area contributed by atoms with Crippen molar-refractivity contribution in [2.24, 2.45) is 5.73 Å². The first-order valence-electron chi connectivity index (χ1n) is 10.7. The number of hydrogen-bond acceptors (Lipinski definition) is 4. The molecular weight excluding hydrogens is 437 g/mol. The van der Waals surface area contributed by atoms with Gasteiger partial charge < -0.3 is 20.5 Å². The SMILES string of the molecule is COc1ccc(C(C(=O)NC2CCCCC2)c2ccc(C(N)=O)cc2C(F)(F)F)cc1OC. The highest BCUT2D eigenvalue weighted by atomic mass is 19.4. The lowest BCUT2D eigenvalue weighted by atomic mass is 9.85. The second kappa shape index (κ2) is 10.1. The molecule has 33 heavy (non-hydrogen) atoms. The third-order valence-electron chi connectivity index (χ3n) is 5.91. The molecule has 3 N–H and O–H groups in total. The van der Waals surface area contributed by atoms with E-state index in [0.29, 0.717) is 17.4 Å². The van der Waals surface area contributed by atoms with Crippen molar-refractivity contribution >= 4 is 11.8 Å². The Morgan fingerprint density at radius 3 is 2.24 bits per heavy atom. The van der Waals surface area contributed by atoms with Gasteiger partial charge in [-0.05, 0) is 48.2 Å². The third-order valence-corrected chi connectivity index (χ3v) is 5.91. The van der Waals surface area contributed by atoms with Crippen molar-refractivity contribution in [2.45, 2.75) is 50.2 Å². The average Bonchev–Trinajstić information content (AvgIpc) is 2.79. The van der Waals surface area contributed by atoms with Crippen LogP contribution >= 0.6 is 0 Å². The molecule has 1 aliphatic carbocycles. The van der Waals surface area contributed by atoms with E-state index in [9.17, 15) is 22.8 Å². The molecule has 0 saturated heterocycles. The van der Waals surface area contributed by atoms with Crippen LogP contribution in [0.2, 0.25) is 0 Å². The number of hydrogen-bond donors (Lipinski definition) is 2. The first-order chi connectivity index (χ1) is 15.7. The standard InChI is InChI=1S/C24H27F3N2O4/c1-32-19-11-9-14(13-20(19)33-2)21(23(31)29-16-6-4-3-5-7-16)17-10-8-15(22(28)30)12-18(17)24(25,26)27/h8-13,16,21H,3-7H2,1-2H3,(H2,28,30)(H,29,31). The van der Waals surface area contributed by atoms with E-state index in [1.807, 2.05) is 0 Å². The molecule has 0 bridgehead atoms. The second-order valence-corrected chi connectivity index (χ2v) is 8.05. The van der Waals surface area contributed by atoms with Crippen molar-refractivity contribution in [3.8, 4) is 11.5 Å². The quantitative estimate of drug-likeness (QED) is 0.636. The Labute approximate surface area is 190 Å². The van der Waals surface area contributed by atoms with Crippen molar-refractivity contribution < 1.29 is 32.2 Å². The Kier molecular flexibility index (Phi) is 7.50. The Morgan fingerprint density at radius 2 is 1.67 bits per heavy atom. The fraction of sp³-hybridized carbons (Fsp3) is 0.417. The van der Waals surface area contributed by atoms with Crippen molar-refractivity contribution in [2.75, 3.05) is 14.2 Å². The molecular formula is C24H27F3N2O4. The topological polar surface area (TPSA) is 90.6 Å². The van der Waals surface area contributed by atoms with Crippen LogP contribution in [0.1, 0.15) is 65.1 Å². The number of nitrogens with one attached hydrogen (secondary N) is 1. The van der Waals surface area contributed by atoms with Crippen LogP contribution in [0.3, 0.4) is 0 Å². The predicted octanol–water partition coefficient (Wildman–Crippen LogP) is 4.40. The van der Waals surface area contributed by atoms with Crippen LogP contribution in [0.4, 0.5) is 13.2 Å². The molecule has 6 nitrogen and oxygen atoms in total. The van der Waals surface area contributed by atoms with Crippen LogP contribution in [0.5, 0.6) is 11.5 Å². The fourth-order valence-corrected chi connectivity index (χ4v) is 4.24. The summed E-state index contributed by atoms with van der Waals surface area (Å²) in [4.78, 5) is 24.9. The molecule has 0 heterocycles. The maximum Gasteiger partial charge on any atom is 0.416 e. The maximum absolute atomic E-state index is 14.0. The van der Waals surface area contributed by atoms with Crippen LogP contribution in [0, 0.1) is 0 Å². The number of carbonyl (C=O) groups is 2. The molecule has 0 aromatic heterocycles. The van der Waals surface area contributed by atoms with Gasteiger partial charge in [0.05, 0.1) is 25.7 Å². The summed E-state index contributed by atoms with van der Waals surface area (Å²) in [5.74, 6) is -2.15. The van der Waals surface area contributed by atoms with Crippen LogP contribution < -0.4 is 20.5 Å². The fourth-order valence-electron chi connectivity index (χ4n) is 4.24. The third kappa shape index (κ3) is 5.58. The minimum Gasteiger partial charge on any atom is -0.493 e. The lowest BCUT2D eigenvalue weighted by Gasteiger charge is -2.27. The Morgan fingerprint density at radius 1 is 1.00 bits per heavy atom. The smallest absolute Gasteiger partial charge is 0.416 e. The zero-order valence-corrected chi connectivity index (χ0v) is 18.5. The van der Waals surface area contributed by atoms with Gasteiger partial charge >= 0.3 is 6.18 Å². The second-order valence-electron chi connectivity index (χ2n) is 8.05. The summed E-state index contributed by atoms with van der Waals surface area (Å²) in [5.41, 5.74) is 3.86. The van der Waals surface area contributed by atoms with E-state index in [1.54, 1.807) is 6.07 Å². The first-order valence-corrected chi connectivity index (χ1v) is 10.7. The lowest BCUT2D eigenvalue weighted by molar-refractivity contribution is -0.138. The summed E-state index contributed by atoms with van der Waals surface area (Å²) in [6.07, 6.45) is -0.284. The van der Waals surface area contributed by atoms with Crippen LogP contribution in [0.15, 0.2) is 36.4 Å². The molecule has 0 aliphatic heterocycles. The first kappa shape index (κ1) is 24.4. The largest absolute Gasteiger partial charge is 0.493 e. The molecule has 2 aromatic carbocycles. The Bertz CT molecular complexity index is 1020. The van der Waals surface area contributed by atoms with Gasteiger partial charge in [-0.1, -0.05) is 31.4 Å². The summed E-state index contributed by atoms with van der Waals surface area (Å²) in [6.45, 7) is 0. The number of nitrogens with two attached hydrogens (primary N) is 1. The number of amides is 2. The number of methoxy groups -OCH3 is 2. The minimum atomic E-state index is -4.80. The Hall–Kier alpha value is -3.23. The molecule has 3 rings (SSSR count). The average molecular weight is 464 g/mol. The monoisotopic (exact) mass is 464 g/mol. The van der Waals surface area contributed by atoms with Gasteiger partial charge in [-0.3, -0.25) is 9.59 Å². The van der Waals surface area contributed by atoms with Gasteiger partial charge in [0, 0.05) is 11.6 Å². The van der Waals surface area contributed by atoms with Crippen molar-refractivity contribution in [3.63, 3.8) is 0 Å². The van der Waals surface area contributed by atoms with Crippen molar-refractivity contribution in [3.05, 3.63) is 58.7 Å². The highest BCUT2D eigenvalue weighted by molar-refractivity contribution is 5.94. The minimum absolute atomic E-state index is 0.104. The van der Waals surface area contributed by atoms with Crippen LogP contribution in [-0.2, 0) is 11.0 Å². The van der Waals surface area contributed by atoms with Crippen LogP contribution in [0.25, 0.3) is 0 Å². The van der Waals surface area contributed by atoms with Crippen LogP contribution in [-0.4, -0.2) is 32.1 Å². The molecule has 2 aromatic rings. The van der Waals surface area contributed by atoms with Crippen molar-refractivity contribution in [1.29, 1.82) is 0 Å². The molecule has 1 saturated carbocycles. The van der Waals surface area contributed by atoms with E-state index in [1.165, 1.54) is 32.4 Å². The molecule has 1 aliphatic rings. The summed E-state index contributed by atoms with van der Waals surface area (Å²) in [5, 5.41) is 2.93. The molecule has 1 unspecified atom stereocenters. The van der Waals surface area contributed by atoms with Gasteiger partial charge in [0.15, 0.2) is 11.5 Å². The van der Waals surface area contributed by atoms with E-state index < -0.39 is 29.5 Å². The number of rotatable bonds is 7. The molecule has 0 spiro atoms. The number of ether oxygens (including phenoxy) is 2. The van der Waals surface area contributed by atoms with E-state index in [-0.39, 0.29) is 22.9 Å². The van der Waals surface area contributed by atoms with Crippen molar-refractivity contribution in [1.82, 2.24) is 5.32 Å². The zero-order valence-electron chi connectivity index (χ0n) is 18.5. The highest BCUT2D eigenvalue weighted by Crippen LogP contribution is 2.40. The molecule has 1 fully saturated rings. The van der Waals surface area contributed by atoms with E-state index in [4.69, 9.17) is 15.2 Å². The molecule has 1 atom stereocenters. The number of alkyl halides is 3. The molecule has 0 radical (unpaired) electrons. The normalized spacial score (nSPS) is 15.5. The summed E-state index contributed by atoms with van der Waals surface area (Å²) in [6, 6.07) is 7.51. The summed E-state index contributed by atoms with van der Waals surface area (Å²) >= 11 is 0. The molecule has 2 amide bonds. The highest BCUT2D eigenvalue weighted by Gasteiger charge is 2.39. The number of primary amides is 1. The number of benzene rings is 2. The zero-order chi connectivity index (χ0) is 24.2. The summed E-state index contributed by atoms with van der Waals surface area (Å²) in [7, 11) is 2.84. The van der Waals surface area contributed by atoms with E-state index >= 15 is 0 Å². The molecule has 178 valence electrons. The van der Waals surface area contributed by atoms with Gasteiger partial charge in [0.2, 0.25) is 11.8 Å². The predicted molar refractivity (Wildman–Crippen MR) is 116 cm³/mol. The molecule has 9 heteroatoms. The van der Waals surface area contributed by atoms with Gasteiger partial charge in [0.25, 0.3) is 0 Å². The summed E-state index contributed by atoms with van der Waals surface area (Å²) < 4.78 is 52.6. The number of carbonyl (C=O) groups excluding carboxylic acids is 2. The van der Waals surface area contributed by atoms with Gasteiger partial charge in [0.1, 0.15) is 0 Å². The van der Waals surface area contributed by atoms with Gasteiger partial charge in [-0.25, -0.2) is 0 Å². The maximum atomic E-state index is 14.0. The lowest BCUT2D eigenvalue weighted by Crippen LogP contribution is -2.40. The Balaban J connectivity index is 2.15. The van der Waals surface area contributed by atoms with E-state index in [2.05, 4.69) is 5.32 Å².